The van der Waals surface area contributed by atoms with Crippen LogP contribution >= 0.6 is 0 Å². The summed E-state index contributed by atoms with van der Waals surface area (Å²) < 4.78 is 13.3. The zero-order valence-corrected chi connectivity index (χ0v) is 10.4. The van der Waals surface area contributed by atoms with E-state index in [1.165, 1.54) is 38.2 Å². The van der Waals surface area contributed by atoms with Gasteiger partial charge in [0.05, 0.1) is 5.69 Å². The SMILES string of the molecule is CC1(NCc2cccc(F)c2N)CCCCC1. The van der Waals surface area contributed by atoms with Crippen molar-refractivity contribution in [3.05, 3.63) is 29.6 Å². The Kier molecular flexibility index (Phi) is 3.67. The first kappa shape index (κ1) is 12.4. The lowest BCUT2D eigenvalue weighted by atomic mass is 9.83. The van der Waals surface area contributed by atoms with Crippen molar-refractivity contribution in [3.63, 3.8) is 0 Å². The van der Waals surface area contributed by atoms with E-state index in [-0.39, 0.29) is 17.0 Å². The molecule has 1 aliphatic rings. The molecule has 17 heavy (non-hydrogen) atoms. The van der Waals surface area contributed by atoms with Gasteiger partial charge in [-0.3, -0.25) is 0 Å². The van der Waals surface area contributed by atoms with Gasteiger partial charge < -0.3 is 11.1 Å². The summed E-state index contributed by atoms with van der Waals surface area (Å²) in [6.07, 6.45) is 6.29. The summed E-state index contributed by atoms with van der Waals surface area (Å²) in [5.41, 5.74) is 7.05. The average Bonchev–Trinajstić information content (AvgIpc) is 2.32. The number of nitrogens with two attached hydrogens (primary N) is 1. The zero-order chi connectivity index (χ0) is 12.3. The fourth-order valence-corrected chi connectivity index (χ4v) is 2.55. The maximum absolute atomic E-state index is 13.3. The minimum Gasteiger partial charge on any atom is -0.396 e. The highest BCUT2D eigenvalue weighted by atomic mass is 19.1. The number of nitrogens with one attached hydrogen (secondary N) is 1. The predicted octanol–water partition coefficient (Wildman–Crippen LogP) is 3.22. The van der Waals surface area contributed by atoms with Crippen LogP contribution in [0.5, 0.6) is 0 Å². The quantitative estimate of drug-likeness (QED) is 0.791. The van der Waals surface area contributed by atoms with Gasteiger partial charge in [0, 0.05) is 12.1 Å². The number of anilines is 1. The van der Waals surface area contributed by atoms with Crippen LogP contribution in [0.15, 0.2) is 18.2 Å². The normalized spacial score (nSPS) is 19.2. The molecular formula is C14H21FN2. The largest absolute Gasteiger partial charge is 0.396 e. The van der Waals surface area contributed by atoms with E-state index in [2.05, 4.69) is 12.2 Å². The second-order valence-electron chi connectivity index (χ2n) is 5.29. The monoisotopic (exact) mass is 236 g/mol. The first-order valence-electron chi connectivity index (χ1n) is 6.39. The van der Waals surface area contributed by atoms with Crippen LogP contribution < -0.4 is 11.1 Å². The molecule has 0 radical (unpaired) electrons. The number of hydrogen-bond donors (Lipinski definition) is 2. The van der Waals surface area contributed by atoms with Crippen molar-refractivity contribution in [2.45, 2.75) is 51.1 Å². The Balaban J connectivity index is 1.99. The van der Waals surface area contributed by atoms with Crippen molar-refractivity contribution in [1.29, 1.82) is 0 Å². The molecular weight excluding hydrogens is 215 g/mol. The molecule has 1 fully saturated rings. The molecule has 0 atom stereocenters. The third-order valence-corrected chi connectivity index (χ3v) is 3.81. The maximum atomic E-state index is 13.3. The first-order chi connectivity index (χ1) is 8.11. The fraction of sp³-hybridized carbons (Fsp3) is 0.571. The van der Waals surface area contributed by atoms with Gasteiger partial charge in [-0.05, 0) is 31.4 Å². The molecule has 2 rings (SSSR count). The van der Waals surface area contributed by atoms with Gasteiger partial charge in [0.2, 0.25) is 0 Å². The van der Waals surface area contributed by atoms with E-state index in [0.29, 0.717) is 6.54 Å². The van der Waals surface area contributed by atoms with Crippen LogP contribution in [0.1, 0.15) is 44.6 Å². The van der Waals surface area contributed by atoms with Crippen molar-refractivity contribution in [2.75, 3.05) is 5.73 Å². The van der Waals surface area contributed by atoms with Crippen LogP contribution in [0, 0.1) is 5.82 Å². The molecule has 0 spiro atoms. The molecule has 3 heteroatoms. The Labute approximate surface area is 102 Å². The standard InChI is InChI=1S/C14H21FN2/c1-14(8-3-2-4-9-14)17-10-11-6-5-7-12(15)13(11)16/h5-7,17H,2-4,8-10,16H2,1H3. The molecule has 0 heterocycles. The van der Waals surface area contributed by atoms with E-state index in [1.807, 2.05) is 6.07 Å². The third kappa shape index (κ3) is 2.97. The van der Waals surface area contributed by atoms with Crippen LogP contribution in [-0.4, -0.2) is 5.54 Å². The summed E-state index contributed by atoms with van der Waals surface area (Å²) in [4.78, 5) is 0. The molecule has 0 bridgehead atoms. The molecule has 0 aromatic heterocycles. The Hall–Kier alpha value is -1.09. The van der Waals surface area contributed by atoms with Gasteiger partial charge in [0.1, 0.15) is 5.82 Å². The van der Waals surface area contributed by atoms with Crippen molar-refractivity contribution < 1.29 is 4.39 Å². The third-order valence-electron chi connectivity index (χ3n) is 3.81. The second-order valence-corrected chi connectivity index (χ2v) is 5.29. The highest BCUT2D eigenvalue weighted by Crippen LogP contribution is 2.28. The van der Waals surface area contributed by atoms with Crippen LogP contribution in [0.4, 0.5) is 10.1 Å². The molecule has 1 saturated carbocycles. The smallest absolute Gasteiger partial charge is 0.146 e. The minimum atomic E-state index is -0.321. The van der Waals surface area contributed by atoms with Crippen LogP contribution in [0.25, 0.3) is 0 Å². The molecule has 2 nitrogen and oxygen atoms in total. The van der Waals surface area contributed by atoms with Crippen LogP contribution in [0.2, 0.25) is 0 Å². The van der Waals surface area contributed by atoms with Crippen molar-refractivity contribution in [3.8, 4) is 0 Å². The topological polar surface area (TPSA) is 38.0 Å². The summed E-state index contributed by atoms with van der Waals surface area (Å²) in [7, 11) is 0. The Bertz CT molecular complexity index is 384. The number of para-hydroxylation sites is 1. The zero-order valence-electron chi connectivity index (χ0n) is 10.4. The van der Waals surface area contributed by atoms with Gasteiger partial charge in [0.15, 0.2) is 0 Å². The predicted molar refractivity (Wildman–Crippen MR) is 69.1 cm³/mol. The van der Waals surface area contributed by atoms with Gasteiger partial charge in [-0.2, -0.15) is 0 Å². The lowest BCUT2D eigenvalue weighted by molar-refractivity contribution is 0.252. The highest BCUT2D eigenvalue weighted by Gasteiger charge is 2.25. The number of benzene rings is 1. The van der Waals surface area contributed by atoms with E-state index >= 15 is 0 Å². The van der Waals surface area contributed by atoms with E-state index in [0.717, 1.165) is 5.56 Å². The van der Waals surface area contributed by atoms with Crippen LogP contribution in [-0.2, 0) is 6.54 Å². The molecule has 3 N–H and O–H groups in total. The Morgan fingerprint density at radius 1 is 1.29 bits per heavy atom. The van der Waals surface area contributed by atoms with Gasteiger partial charge >= 0.3 is 0 Å². The van der Waals surface area contributed by atoms with E-state index in [1.54, 1.807) is 6.07 Å². The molecule has 0 unspecified atom stereocenters. The number of halogens is 1. The van der Waals surface area contributed by atoms with Crippen molar-refractivity contribution in [2.24, 2.45) is 0 Å². The highest BCUT2D eigenvalue weighted by molar-refractivity contribution is 5.47. The van der Waals surface area contributed by atoms with Crippen LogP contribution in [0.3, 0.4) is 0 Å². The van der Waals surface area contributed by atoms with Gasteiger partial charge in [-0.1, -0.05) is 31.4 Å². The molecule has 0 aliphatic heterocycles. The van der Waals surface area contributed by atoms with Crippen molar-refractivity contribution in [1.82, 2.24) is 5.32 Å². The maximum Gasteiger partial charge on any atom is 0.146 e. The van der Waals surface area contributed by atoms with Gasteiger partial charge in [-0.25, -0.2) is 4.39 Å². The van der Waals surface area contributed by atoms with E-state index in [9.17, 15) is 4.39 Å². The summed E-state index contributed by atoms with van der Waals surface area (Å²) in [5.74, 6) is -0.321. The summed E-state index contributed by atoms with van der Waals surface area (Å²) >= 11 is 0. The lowest BCUT2D eigenvalue weighted by Crippen LogP contribution is -2.43. The van der Waals surface area contributed by atoms with Crippen molar-refractivity contribution >= 4 is 5.69 Å². The molecule has 94 valence electrons. The summed E-state index contributed by atoms with van der Waals surface area (Å²) in [6, 6.07) is 5.00. The minimum absolute atomic E-state index is 0.191. The summed E-state index contributed by atoms with van der Waals surface area (Å²) in [6.45, 7) is 2.90. The molecule has 1 aromatic carbocycles. The Morgan fingerprint density at radius 3 is 2.71 bits per heavy atom. The molecule has 1 aromatic rings. The van der Waals surface area contributed by atoms with E-state index in [4.69, 9.17) is 5.73 Å². The number of hydrogen-bond acceptors (Lipinski definition) is 2. The lowest BCUT2D eigenvalue weighted by Gasteiger charge is -2.35. The summed E-state index contributed by atoms with van der Waals surface area (Å²) in [5, 5.41) is 3.54. The Morgan fingerprint density at radius 2 is 2.00 bits per heavy atom. The first-order valence-corrected chi connectivity index (χ1v) is 6.39. The molecule has 0 saturated heterocycles. The number of nitrogen functional groups attached to an aromatic ring is 1. The molecule has 1 aliphatic carbocycles. The van der Waals surface area contributed by atoms with E-state index < -0.39 is 0 Å². The average molecular weight is 236 g/mol. The van der Waals surface area contributed by atoms with Gasteiger partial charge in [0.25, 0.3) is 0 Å². The second kappa shape index (κ2) is 5.05. The molecule has 0 amide bonds. The number of rotatable bonds is 3. The van der Waals surface area contributed by atoms with Gasteiger partial charge in [-0.15, -0.1) is 0 Å². The fourth-order valence-electron chi connectivity index (χ4n) is 2.55.